The number of hydrogen-bond donors (Lipinski definition) is 1. The van der Waals surface area contributed by atoms with Crippen molar-refractivity contribution in [3.05, 3.63) is 59.1 Å². The first-order valence-electron chi connectivity index (χ1n) is 6.70. The quantitative estimate of drug-likeness (QED) is 0.532. The highest BCUT2D eigenvalue weighted by Crippen LogP contribution is 2.25. The first-order valence-corrected chi connectivity index (χ1v) is 7.90. The molecule has 0 saturated heterocycles. The van der Waals surface area contributed by atoms with Crippen LogP contribution < -0.4 is 5.43 Å². The number of benzene rings is 2. The molecule has 0 aliphatic carbocycles. The average molecular weight is 316 g/mol. The fraction of sp³-hybridized carbons (Fsp3) is 0.125. The van der Waals surface area contributed by atoms with E-state index in [1.54, 1.807) is 11.3 Å². The minimum Gasteiger partial charge on any atom is -0.252 e. The molecule has 5 heteroatoms. The molecule has 0 radical (unpaired) electrons. The predicted molar refractivity (Wildman–Crippen MR) is 91.5 cm³/mol. The normalized spacial score (nSPS) is 11.8. The van der Waals surface area contributed by atoms with E-state index in [0.717, 1.165) is 38.1 Å². The van der Waals surface area contributed by atoms with Crippen LogP contribution in [0.2, 0.25) is 5.02 Å². The molecule has 106 valence electrons. The van der Waals surface area contributed by atoms with Crippen LogP contribution in [0.25, 0.3) is 10.2 Å². The molecule has 2 aromatic carbocycles. The lowest BCUT2D eigenvalue weighted by Gasteiger charge is -2.04. The zero-order valence-corrected chi connectivity index (χ0v) is 13.1. The summed E-state index contributed by atoms with van der Waals surface area (Å²) in [6, 6.07) is 15.8. The van der Waals surface area contributed by atoms with Crippen molar-refractivity contribution in [2.24, 2.45) is 5.10 Å². The van der Waals surface area contributed by atoms with Gasteiger partial charge in [-0.2, -0.15) is 5.10 Å². The Morgan fingerprint density at radius 2 is 1.95 bits per heavy atom. The van der Waals surface area contributed by atoms with E-state index in [-0.39, 0.29) is 0 Å². The zero-order valence-electron chi connectivity index (χ0n) is 11.5. The van der Waals surface area contributed by atoms with Crippen molar-refractivity contribution in [3.63, 3.8) is 0 Å². The molecule has 3 nitrogen and oxygen atoms in total. The maximum atomic E-state index is 5.91. The first-order chi connectivity index (χ1) is 10.3. The number of halogens is 1. The number of anilines is 1. The van der Waals surface area contributed by atoms with E-state index in [0.29, 0.717) is 0 Å². The van der Waals surface area contributed by atoms with Gasteiger partial charge in [0.25, 0.3) is 0 Å². The van der Waals surface area contributed by atoms with Crippen molar-refractivity contribution < 1.29 is 0 Å². The molecule has 0 saturated carbocycles. The van der Waals surface area contributed by atoms with E-state index < -0.39 is 0 Å². The molecule has 0 aliphatic heterocycles. The Hall–Kier alpha value is -1.91. The van der Waals surface area contributed by atoms with E-state index in [2.05, 4.69) is 28.5 Å². The molecule has 0 bridgehead atoms. The van der Waals surface area contributed by atoms with Crippen LogP contribution in [0.3, 0.4) is 0 Å². The lowest BCUT2D eigenvalue weighted by Crippen LogP contribution is -2.02. The summed E-state index contributed by atoms with van der Waals surface area (Å²) in [4.78, 5) is 4.51. The van der Waals surface area contributed by atoms with Crippen LogP contribution in [-0.4, -0.2) is 10.7 Å². The molecule has 0 aliphatic rings. The number of thiazole rings is 1. The summed E-state index contributed by atoms with van der Waals surface area (Å²) in [6.07, 6.45) is 0.833. The zero-order chi connectivity index (χ0) is 14.7. The average Bonchev–Trinajstić information content (AvgIpc) is 2.92. The van der Waals surface area contributed by atoms with Crippen molar-refractivity contribution in [3.8, 4) is 0 Å². The highest BCUT2D eigenvalue weighted by Gasteiger charge is 2.04. The molecule has 1 N–H and O–H groups in total. The molecule has 0 spiro atoms. The van der Waals surface area contributed by atoms with Gasteiger partial charge in [0.2, 0.25) is 5.13 Å². The number of para-hydroxylation sites is 1. The van der Waals surface area contributed by atoms with Crippen LogP contribution in [0, 0.1) is 0 Å². The Morgan fingerprint density at radius 3 is 2.67 bits per heavy atom. The Kier molecular flexibility index (Phi) is 4.18. The minimum absolute atomic E-state index is 0.730. The number of nitrogens with one attached hydrogen (secondary N) is 1. The number of nitrogens with zero attached hydrogens (tertiary/aromatic N) is 2. The van der Waals surface area contributed by atoms with Gasteiger partial charge in [0.05, 0.1) is 15.9 Å². The summed E-state index contributed by atoms with van der Waals surface area (Å²) in [5, 5.41) is 6.01. The summed E-state index contributed by atoms with van der Waals surface area (Å²) in [5.74, 6) is 0. The van der Waals surface area contributed by atoms with Gasteiger partial charge < -0.3 is 0 Å². The second kappa shape index (κ2) is 6.24. The van der Waals surface area contributed by atoms with Gasteiger partial charge in [-0.05, 0) is 36.2 Å². The van der Waals surface area contributed by atoms with Crippen LogP contribution in [-0.2, 0) is 0 Å². The summed E-state index contributed by atoms with van der Waals surface area (Å²) < 4.78 is 1.15. The molecule has 0 unspecified atom stereocenters. The summed E-state index contributed by atoms with van der Waals surface area (Å²) in [5.41, 5.74) is 6.09. The molecule has 3 aromatic rings. The third-order valence-electron chi connectivity index (χ3n) is 3.09. The fourth-order valence-corrected chi connectivity index (χ4v) is 2.96. The summed E-state index contributed by atoms with van der Waals surface area (Å²) in [6.45, 7) is 2.08. The Labute approximate surface area is 132 Å². The second-order valence-corrected chi connectivity index (χ2v) is 5.98. The SMILES string of the molecule is CC/C(=N/Nc1nc2ccccc2s1)c1ccc(Cl)cc1. The lowest BCUT2D eigenvalue weighted by atomic mass is 10.1. The molecule has 0 atom stereocenters. The van der Waals surface area contributed by atoms with Crippen LogP contribution >= 0.6 is 22.9 Å². The van der Waals surface area contributed by atoms with E-state index in [9.17, 15) is 0 Å². The van der Waals surface area contributed by atoms with Crippen molar-refractivity contribution in [2.75, 3.05) is 5.43 Å². The number of fused-ring (bicyclic) bond motifs is 1. The van der Waals surface area contributed by atoms with Gasteiger partial charge in [-0.25, -0.2) is 4.98 Å². The monoisotopic (exact) mass is 315 g/mol. The van der Waals surface area contributed by atoms with E-state index in [1.165, 1.54) is 0 Å². The molecule has 21 heavy (non-hydrogen) atoms. The maximum Gasteiger partial charge on any atom is 0.204 e. The Bertz CT molecular complexity index is 745. The van der Waals surface area contributed by atoms with Crippen molar-refractivity contribution in [1.29, 1.82) is 0 Å². The van der Waals surface area contributed by atoms with Crippen molar-refractivity contribution >= 4 is 44.0 Å². The van der Waals surface area contributed by atoms with Gasteiger partial charge in [0.15, 0.2) is 0 Å². The van der Waals surface area contributed by atoms with Gasteiger partial charge in [-0.3, -0.25) is 5.43 Å². The van der Waals surface area contributed by atoms with Crippen LogP contribution in [0.5, 0.6) is 0 Å². The van der Waals surface area contributed by atoms with Crippen molar-refractivity contribution in [2.45, 2.75) is 13.3 Å². The van der Waals surface area contributed by atoms with Gasteiger partial charge >= 0.3 is 0 Å². The molecule has 3 rings (SSSR count). The van der Waals surface area contributed by atoms with Crippen LogP contribution in [0.15, 0.2) is 53.6 Å². The maximum absolute atomic E-state index is 5.91. The third-order valence-corrected chi connectivity index (χ3v) is 4.29. The summed E-state index contributed by atoms with van der Waals surface area (Å²) in [7, 11) is 0. The standard InChI is InChI=1S/C16H14ClN3S/c1-2-13(11-7-9-12(17)10-8-11)19-20-16-18-14-5-3-4-6-15(14)21-16/h3-10H,2H2,1H3,(H,18,20)/b19-13-. The predicted octanol–water partition coefficient (Wildman–Crippen LogP) is 5.18. The third kappa shape index (κ3) is 3.23. The van der Waals surface area contributed by atoms with Crippen molar-refractivity contribution in [1.82, 2.24) is 4.98 Å². The lowest BCUT2D eigenvalue weighted by molar-refractivity contribution is 1.21. The van der Waals surface area contributed by atoms with E-state index in [4.69, 9.17) is 11.6 Å². The van der Waals surface area contributed by atoms with Crippen LogP contribution in [0.4, 0.5) is 5.13 Å². The van der Waals surface area contributed by atoms with Crippen LogP contribution in [0.1, 0.15) is 18.9 Å². The second-order valence-electron chi connectivity index (χ2n) is 4.52. The molecule has 1 heterocycles. The molecule has 0 fully saturated rings. The number of hydrazone groups is 1. The Balaban J connectivity index is 1.83. The first kappa shape index (κ1) is 14.0. The molecular formula is C16H14ClN3S. The molecule has 0 amide bonds. The Morgan fingerprint density at radius 1 is 1.19 bits per heavy atom. The van der Waals surface area contributed by atoms with Gasteiger partial charge in [-0.1, -0.05) is 54.1 Å². The largest absolute Gasteiger partial charge is 0.252 e. The number of hydrogen-bond acceptors (Lipinski definition) is 4. The van der Waals surface area contributed by atoms with Gasteiger partial charge in [-0.15, -0.1) is 0 Å². The highest BCUT2D eigenvalue weighted by atomic mass is 35.5. The number of aromatic nitrogens is 1. The number of rotatable bonds is 4. The topological polar surface area (TPSA) is 37.3 Å². The van der Waals surface area contributed by atoms with E-state index in [1.807, 2.05) is 42.5 Å². The minimum atomic E-state index is 0.730. The van der Waals surface area contributed by atoms with E-state index >= 15 is 0 Å². The summed E-state index contributed by atoms with van der Waals surface area (Å²) >= 11 is 7.51. The van der Waals surface area contributed by atoms with Gasteiger partial charge in [0, 0.05) is 5.02 Å². The molecular weight excluding hydrogens is 302 g/mol. The highest BCUT2D eigenvalue weighted by molar-refractivity contribution is 7.22. The fourth-order valence-electron chi connectivity index (χ4n) is 2.03. The van der Waals surface area contributed by atoms with Gasteiger partial charge in [0.1, 0.15) is 0 Å². The molecule has 1 aromatic heterocycles. The smallest absolute Gasteiger partial charge is 0.204 e.